The molecule has 1 aliphatic heterocycles. The van der Waals surface area contributed by atoms with Gasteiger partial charge in [-0.2, -0.15) is 0 Å². The molecule has 1 aromatic heterocycles. The quantitative estimate of drug-likeness (QED) is 0.757. The van der Waals surface area contributed by atoms with Crippen LogP contribution in [-0.2, 0) is 6.54 Å². The maximum absolute atomic E-state index is 2.59. The first kappa shape index (κ1) is 11.7. The van der Waals surface area contributed by atoms with Gasteiger partial charge in [0.25, 0.3) is 0 Å². The monoisotopic (exact) mass is 220 g/mol. The van der Waals surface area contributed by atoms with Crippen molar-refractivity contribution in [1.82, 2.24) is 9.47 Å². The van der Waals surface area contributed by atoms with Crippen molar-refractivity contribution in [1.29, 1.82) is 0 Å². The number of aryl methyl sites for hydroxylation is 1. The van der Waals surface area contributed by atoms with E-state index in [-0.39, 0.29) is 0 Å². The van der Waals surface area contributed by atoms with Gasteiger partial charge in [0.05, 0.1) is 0 Å². The van der Waals surface area contributed by atoms with E-state index in [1.165, 1.54) is 51.9 Å². The van der Waals surface area contributed by atoms with Gasteiger partial charge in [0.1, 0.15) is 0 Å². The molecule has 1 fully saturated rings. The molecule has 1 unspecified atom stereocenters. The van der Waals surface area contributed by atoms with Gasteiger partial charge in [0.2, 0.25) is 0 Å². The summed E-state index contributed by atoms with van der Waals surface area (Å²) in [5.74, 6) is 0.943. The molecule has 0 bridgehead atoms. The molecule has 1 aliphatic rings. The van der Waals surface area contributed by atoms with Gasteiger partial charge >= 0.3 is 0 Å². The maximum Gasteiger partial charge on any atom is 0.0222 e. The molecule has 1 atom stereocenters. The van der Waals surface area contributed by atoms with E-state index in [9.17, 15) is 0 Å². The van der Waals surface area contributed by atoms with Crippen molar-refractivity contribution < 1.29 is 0 Å². The molecule has 16 heavy (non-hydrogen) atoms. The van der Waals surface area contributed by atoms with Crippen LogP contribution in [0.5, 0.6) is 0 Å². The Morgan fingerprint density at radius 1 is 1.12 bits per heavy atom. The molecular weight excluding hydrogens is 196 g/mol. The lowest BCUT2D eigenvalue weighted by molar-refractivity contribution is 0.293. The predicted octanol–water partition coefficient (Wildman–Crippen LogP) is 3.00. The normalized spacial score (nSPS) is 23.2. The molecule has 0 saturated carbocycles. The van der Waals surface area contributed by atoms with Crippen LogP contribution < -0.4 is 0 Å². The van der Waals surface area contributed by atoms with Crippen molar-refractivity contribution in [3.05, 3.63) is 24.5 Å². The Morgan fingerprint density at radius 3 is 2.69 bits per heavy atom. The summed E-state index contributed by atoms with van der Waals surface area (Å²) in [5.41, 5.74) is 0. The molecule has 2 heteroatoms. The SMILES string of the molecule is CCN1CCCC(CCn2cccc2)CC1. The van der Waals surface area contributed by atoms with Crippen molar-refractivity contribution in [2.24, 2.45) is 5.92 Å². The van der Waals surface area contributed by atoms with Crippen LogP contribution in [0, 0.1) is 5.92 Å². The summed E-state index contributed by atoms with van der Waals surface area (Å²) in [6, 6.07) is 4.23. The van der Waals surface area contributed by atoms with E-state index in [2.05, 4.69) is 40.9 Å². The highest BCUT2D eigenvalue weighted by Crippen LogP contribution is 2.21. The fourth-order valence-electron chi connectivity index (χ4n) is 2.68. The minimum atomic E-state index is 0.943. The van der Waals surface area contributed by atoms with Crippen LogP contribution in [0.1, 0.15) is 32.6 Å². The van der Waals surface area contributed by atoms with Crippen molar-refractivity contribution in [2.45, 2.75) is 39.2 Å². The minimum Gasteiger partial charge on any atom is -0.354 e. The van der Waals surface area contributed by atoms with Gasteiger partial charge in [-0.1, -0.05) is 6.92 Å². The summed E-state index contributed by atoms with van der Waals surface area (Å²) in [7, 11) is 0. The van der Waals surface area contributed by atoms with Gasteiger partial charge in [-0.05, 0) is 63.4 Å². The lowest BCUT2D eigenvalue weighted by Gasteiger charge is -2.17. The van der Waals surface area contributed by atoms with E-state index in [1.54, 1.807) is 0 Å². The summed E-state index contributed by atoms with van der Waals surface area (Å²) in [6.45, 7) is 7.33. The molecule has 1 aromatic rings. The average Bonchev–Trinajstić information content (AvgIpc) is 2.72. The van der Waals surface area contributed by atoms with E-state index in [0.717, 1.165) is 5.92 Å². The van der Waals surface area contributed by atoms with Gasteiger partial charge in [0, 0.05) is 18.9 Å². The van der Waals surface area contributed by atoms with E-state index in [4.69, 9.17) is 0 Å². The third-order valence-corrected chi connectivity index (χ3v) is 3.85. The smallest absolute Gasteiger partial charge is 0.0222 e. The lowest BCUT2D eigenvalue weighted by Crippen LogP contribution is -2.24. The first-order valence-corrected chi connectivity index (χ1v) is 6.71. The molecule has 90 valence electrons. The zero-order valence-corrected chi connectivity index (χ0v) is 10.4. The molecule has 0 amide bonds. The molecule has 0 N–H and O–H groups in total. The van der Waals surface area contributed by atoms with Gasteiger partial charge in [-0.15, -0.1) is 0 Å². The fraction of sp³-hybridized carbons (Fsp3) is 0.714. The first-order valence-electron chi connectivity index (χ1n) is 6.71. The van der Waals surface area contributed by atoms with E-state index in [1.807, 2.05) is 0 Å². The van der Waals surface area contributed by atoms with Gasteiger partial charge < -0.3 is 9.47 Å². The number of aromatic nitrogens is 1. The van der Waals surface area contributed by atoms with Crippen molar-refractivity contribution in [2.75, 3.05) is 19.6 Å². The summed E-state index contributed by atoms with van der Waals surface area (Å²) >= 11 is 0. The zero-order chi connectivity index (χ0) is 11.2. The Morgan fingerprint density at radius 2 is 1.94 bits per heavy atom. The number of likely N-dealkylation sites (tertiary alicyclic amines) is 1. The number of rotatable bonds is 4. The maximum atomic E-state index is 2.59. The van der Waals surface area contributed by atoms with Gasteiger partial charge in [-0.25, -0.2) is 0 Å². The Labute approximate surface area is 99.3 Å². The number of hydrogen-bond donors (Lipinski definition) is 0. The second-order valence-corrected chi connectivity index (χ2v) is 4.94. The Kier molecular flexibility index (Phi) is 4.46. The van der Waals surface area contributed by atoms with Gasteiger partial charge in [0.15, 0.2) is 0 Å². The third kappa shape index (κ3) is 3.38. The molecule has 2 nitrogen and oxygen atoms in total. The molecule has 1 saturated heterocycles. The molecule has 0 aromatic carbocycles. The van der Waals surface area contributed by atoms with Crippen molar-refractivity contribution in [3.63, 3.8) is 0 Å². The summed E-state index contributed by atoms with van der Waals surface area (Å²) in [5, 5.41) is 0. The lowest BCUT2D eigenvalue weighted by atomic mass is 9.97. The predicted molar refractivity (Wildman–Crippen MR) is 68.5 cm³/mol. The van der Waals surface area contributed by atoms with Crippen LogP contribution in [0.15, 0.2) is 24.5 Å². The van der Waals surface area contributed by atoms with Crippen molar-refractivity contribution in [3.8, 4) is 0 Å². The summed E-state index contributed by atoms with van der Waals surface area (Å²) in [6.07, 6.45) is 9.92. The standard InChI is InChI=1S/C14H24N2/c1-2-15-11-5-6-14(7-12-15)8-13-16-9-3-4-10-16/h3-4,9-10,14H,2,5-8,11-13H2,1H3. The highest BCUT2D eigenvalue weighted by atomic mass is 15.1. The summed E-state index contributed by atoms with van der Waals surface area (Å²) < 4.78 is 2.31. The highest BCUT2D eigenvalue weighted by Gasteiger charge is 2.15. The van der Waals surface area contributed by atoms with Crippen LogP contribution in [0.4, 0.5) is 0 Å². The second-order valence-electron chi connectivity index (χ2n) is 4.94. The largest absolute Gasteiger partial charge is 0.354 e. The molecule has 2 heterocycles. The summed E-state index contributed by atoms with van der Waals surface area (Å²) in [4.78, 5) is 2.59. The zero-order valence-electron chi connectivity index (χ0n) is 10.4. The van der Waals surface area contributed by atoms with Crippen LogP contribution in [0.2, 0.25) is 0 Å². The molecule has 0 radical (unpaired) electrons. The Bertz CT molecular complexity index is 279. The molecule has 2 rings (SSSR count). The van der Waals surface area contributed by atoms with E-state index < -0.39 is 0 Å². The van der Waals surface area contributed by atoms with Gasteiger partial charge in [-0.3, -0.25) is 0 Å². The van der Waals surface area contributed by atoms with Crippen LogP contribution in [0.3, 0.4) is 0 Å². The average molecular weight is 220 g/mol. The number of nitrogens with zero attached hydrogens (tertiary/aromatic N) is 2. The minimum absolute atomic E-state index is 0.943. The molecule has 0 spiro atoms. The fourth-order valence-corrected chi connectivity index (χ4v) is 2.68. The topological polar surface area (TPSA) is 8.17 Å². The van der Waals surface area contributed by atoms with Crippen molar-refractivity contribution >= 4 is 0 Å². The molecule has 0 aliphatic carbocycles. The molecular formula is C14H24N2. The first-order chi connectivity index (χ1) is 7.88. The van der Waals surface area contributed by atoms with Crippen LogP contribution >= 0.6 is 0 Å². The Balaban J connectivity index is 1.73. The third-order valence-electron chi connectivity index (χ3n) is 3.85. The highest BCUT2D eigenvalue weighted by molar-refractivity contribution is 4.90. The number of hydrogen-bond acceptors (Lipinski definition) is 1. The second kappa shape index (κ2) is 6.09. The Hall–Kier alpha value is -0.760. The van der Waals surface area contributed by atoms with Crippen LogP contribution in [-0.4, -0.2) is 29.1 Å². The van der Waals surface area contributed by atoms with E-state index >= 15 is 0 Å². The van der Waals surface area contributed by atoms with E-state index in [0.29, 0.717) is 0 Å². The van der Waals surface area contributed by atoms with Crippen LogP contribution in [0.25, 0.3) is 0 Å².